The van der Waals surface area contributed by atoms with Crippen LogP contribution in [0.5, 0.6) is 0 Å². The average molecular weight is 513 g/mol. The van der Waals surface area contributed by atoms with Crippen LogP contribution in [-0.4, -0.2) is 56.2 Å². The van der Waals surface area contributed by atoms with E-state index in [1.807, 2.05) is 0 Å². The molecule has 1 aromatic carbocycles. The number of benzene rings is 1. The number of urea groups is 1. The first kappa shape index (κ1) is 27.6. The Morgan fingerprint density at radius 3 is 2.27 bits per heavy atom. The molecule has 1 aromatic heterocycles. The van der Waals surface area contributed by atoms with Crippen molar-refractivity contribution >= 4 is 35.5 Å². The number of hydroxylamine groups is 1. The van der Waals surface area contributed by atoms with Crippen LogP contribution in [0.4, 0.5) is 21.1 Å². The molecule has 2 heterocycles. The van der Waals surface area contributed by atoms with Crippen molar-refractivity contribution in [1.29, 1.82) is 0 Å². The zero-order valence-electron chi connectivity index (χ0n) is 21.7. The fraction of sp³-hybridized carbons (Fsp3) is 0.423. The Bertz CT molecular complexity index is 1170. The number of β-lactam (4-membered cyclic amide) rings is 1. The Labute approximate surface area is 215 Å². The number of nitrogens with one attached hydrogen (secondary N) is 1. The number of carboxylic acid groups (broad SMARTS) is 1. The molecule has 0 unspecified atom stereocenters. The number of hydrogen-bond acceptors (Lipinski definition) is 7. The van der Waals surface area contributed by atoms with Crippen molar-refractivity contribution < 1.29 is 33.9 Å². The van der Waals surface area contributed by atoms with Crippen molar-refractivity contribution in [2.75, 3.05) is 10.4 Å². The molecular formula is C26H32N4O7. The highest BCUT2D eigenvalue weighted by molar-refractivity contribution is 6.11. The summed E-state index contributed by atoms with van der Waals surface area (Å²) in [4.78, 5) is 61.0. The Balaban J connectivity index is 1.80. The third-order valence-electron chi connectivity index (χ3n) is 5.11. The Hall–Kier alpha value is -3.99. The number of anilines is 2. The van der Waals surface area contributed by atoms with Crippen molar-refractivity contribution in [2.45, 2.75) is 65.2 Å². The number of rotatable bonds is 6. The fourth-order valence-electron chi connectivity index (χ4n) is 3.67. The van der Waals surface area contributed by atoms with Gasteiger partial charge in [0.2, 0.25) is 5.91 Å². The number of aromatic nitrogens is 1. The molecule has 0 saturated carbocycles. The van der Waals surface area contributed by atoms with Crippen LogP contribution in [0.25, 0.3) is 0 Å². The molecular weight excluding hydrogens is 480 g/mol. The van der Waals surface area contributed by atoms with Crippen LogP contribution >= 0.6 is 0 Å². The summed E-state index contributed by atoms with van der Waals surface area (Å²) in [6.07, 6.45) is 0.657. The maximum absolute atomic E-state index is 12.9. The first-order valence-corrected chi connectivity index (χ1v) is 11.8. The number of imide groups is 1. The van der Waals surface area contributed by atoms with Crippen LogP contribution in [0.2, 0.25) is 0 Å². The Morgan fingerprint density at radius 2 is 1.70 bits per heavy atom. The largest absolute Gasteiger partial charge is 0.480 e. The van der Waals surface area contributed by atoms with Gasteiger partial charge in [-0.15, -0.1) is 5.06 Å². The highest BCUT2D eigenvalue weighted by Gasteiger charge is 2.54. The first-order valence-electron chi connectivity index (χ1n) is 11.8. The highest BCUT2D eigenvalue weighted by Crippen LogP contribution is 2.32. The smallest absolute Gasteiger partial charge is 0.440 e. The fourth-order valence-corrected chi connectivity index (χ4v) is 3.67. The number of ether oxygens (including phenoxy) is 1. The molecule has 2 N–H and O–H groups in total. The second-order valence-electron chi connectivity index (χ2n) is 10.6. The number of amides is 4. The molecule has 11 heteroatoms. The number of likely N-dealkylation sites (tertiary alicyclic amines) is 1. The van der Waals surface area contributed by atoms with Crippen LogP contribution < -0.4 is 10.4 Å². The summed E-state index contributed by atoms with van der Waals surface area (Å²) in [6, 6.07) is 9.40. The summed E-state index contributed by atoms with van der Waals surface area (Å²) in [5.41, 5.74) is -0.582. The minimum Gasteiger partial charge on any atom is -0.480 e. The molecule has 2 atom stereocenters. The normalized spacial score (nSPS) is 17.6. The van der Waals surface area contributed by atoms with Gasteiger partial charge in [-0.2, -0.15) is 0 Å². The van der Waals surface area contributed by atoms with Gasteiger partial charge >= 0.3 is 18.1 Å². The van der Waals surface area contributed by atoms with Gasteiger partial charge in [-0.25, -0.2) is 24.3 Å². The molecule has 0 bridgehead atoms. The highest BCUT2D eigenvalue weighted by atomic mass is 16.7. The SMILES string of the molecule is CC(C)(C)OC(=O)N(OC(C)(C)C)c1cc(C[C@H]2C(=O)N(C(=O)Nc3ccccc3)[C@@H]2C(=O)O)ccn1. The molecule has 0 aliphatic carbocycles. The lowest BCUT2D eigenvalue weighted by atomic mass is 9.82. The number of aliphatic carboxylic acids is 1. The number of carboxylic acids is 1. The zero-order valence-corrected chi connectivity index (χ0v) is 21.7. The van der Waals surface area contributed by atoms with Crippen LogP contribution in [0, 0.1) is 5.92 Å². The maximum atomic E-state index is 12.9. The molecule has 1 fully saturated rings. The van der Waals surface area contributed by atoms with E-state index in [-0.39, 0.29) is 12.2 Å². The summed E-state index contributed by atoms with van der Waals surface area (Å²) >= 11 is 0. The molecule has 1 saturated heterocycles. The predicted molar refractivity (Wildman–Crippen MR) is 135 cm³/mol. The first-order chi connectivity index (χ1) is 17.2. The van der Waals surface area contributed by atoms with E-state index in [9.17, 15) is 24.3 Å². The van der Waals surface area contributed by atoms with E-state index in [1.54, 1.807) is 77.9 Å². The average Bonchev–Trinajstić information content (AvgIpc) is 2.78. The van der Waals surface area contributed by atoms with Crippen molar-refractivity contribution in [2.24, 2.45) is 5.92 Å². The third-order valence-corrected chi connectivity index (χ3v) is 5.11. The molecule has 2 aromatic rings. The quantitative estimate of drug-likeness (QED) is 0.433. The zero-order chi connectivity index (χ0) is 27.5. The van der Waals surface area contributed by atoms with Gasteiger partial charge in [-0.3, -0.25) is 9.63 Å². The van der Waals surface area contributed by atoms with Gasteiger partial charge in [0.15, 0.2) is 11.9 Å². The molecule has 0 spiro atoms. The second kappa shape index (κ2) is 10.6. The lowest BCUT2D eigenvalue weighted by Crippen LogP contribution is -2.67. The van der Waals surface area contributed by atoms with Crippen molar-refractivity contribution in [3.63, 3.8) is 0 Å². The Kier molecular flexibility index (Phi) is 7.87. The minimum absolute atomic E-state index is 0.0120. The van der Waals surface area contributed by atoms with Gasteiger partial charge in [0.25, 0.3) is 0 Å². The lowest BCUT2D eigenvalue weighted by molar-refractivity contribution is -0.165. The summed E-state index contributed by atoms with van der Waals surface area (Å²) in [5, 5.41) is 13.2. The third kappa shape index (κ3) is 7.04. The standard InChI is InChI=1S/C26H32N4O7/c1-25(2,3)36-24(35)30(37-26(4,5)6)19-15-16(12-13-27-19)14-18-20(22(32)33)29(21(18)31)23(34)28-17-10-8-7-9-11-17/h7-13,15,18,20H,14H2,1-6H3,(H,28,34)(H,32,33)/t18-,20+/m1/s1. The van der Waals surface area contributed by atoms with E-state index in [1.165, 1.54) is 12.3 Å². The molecule has 4 amide bonds. The summed E-state index contributed by atoms with van der Waals surface area (Å²) in [5.74, 6) is -2.78. The number of carbonyl (C=O) groups excluding carboxylic acids is 3. The lowest BCUT2D eigenvalue weighted by Gasteiger charge is -2.42. The van der Waals surface area contributed by atoms with E-state index < -0.39 is 47.2 Å². The van der Waals surface area contributed by atoms with Crippen LogP contribution in [-0.2, 0) is 25.6 Å². The van der Waals surface area contributed by atoms with Crippen molar-refractivity contribution in [3.05, 3.63) is 54.2 Å². The topological polar surface area (TPSA) is 138 Å². The van der Waals surface area contributed by atoms with Gasteiger partial charge in [0, 0.05) is 11.9 Å². The number of carbonyl (C=O) groups is 4. The summed E-state index contributed by atoms with van der Waals surface area (Å²) in [6.45, 7) is 10.4. The number of nitrogens with zero attached hydrogens (tertiary/aromatic N) is 3. The molecule has 3 rings (SSSR count). The number of hydrogen-bond donors (Lipinski definition) is 2. The molecule has 1 aliphatic rings. The van der Waals surface area contributed by atoms with E-state index in [2.05, 4.69) is 10.3 Å². The van der Waals surface area contributed by atoms with Crippen molar-refractivity contribution in [3.8, 4) is 0 Å². The van der Waals surface area contributed by atoms with Gasteiger partial charge in [0.05, 0.1) is 11.5 Å². The molecule has 1 aliphatic heterocycles. The monoisotopic (exact) mass is 512 g/mol. The molecule has 198 valence electrons. The number of pyridine rings is 1. The van der Waals surface area contributed by atoms with E-state index in [0.29, 0.717) is 16.2 Å². The van der Waals surface area contributed by atoms with Crippen LogP contribution in [0.15, 0.2) is 48.7 Å². The maximum Gasteiger partial charge on any atom is 0.440 e. The number of para-hydroxylation sites is 1. The summed E-state index contributed by atoms with van der Waals surface area (Å²) < 4.78 is 5.45. The van der Waals surface area contributed by atoms with Gasteiger partial charge in [0.1, 0.15) is 5.60 Å². The van der Waals surface area contributed by atoms with Crippen LogP contribution in [0.3, 0.4) is 0 Å². The van der Waals surface area contributed by atoms with Crippen LogP contribution in [0.1, 0.15) is 47.1 Å². The molecule has 11 nitrogen and oxygen atoms in total. The molecule has 37 heavy (non-hydrogen) atoms. The van der Waals surface area contributed by atoms with Crippen molar-refractivity contribution in [1.82, 2.24) is 9.88 Å². The Morgan fingerprint density at radius 1 is 1.05 bits per heavy atom. The van der Waals surface area contributed by atoms with Gasteiger partial charge in [-0.05, 0) is 77.8 Å². The summed E-state index contributed by atoms with van der Waals surface area (Å²) in [7, 11) is 0. The van der Waals surface area contributed by atoms with E-state index in [4.69, 9.17) is 9.57 Å². The van der Waals surface area contributed by atoms with Gasteiger partial charge < -0.3 is 15.2 Å². The van der Waals surface area contributed by atoms with E-state index in [0.717, 1.165) is 5.06 Å². The molecule has 0 radical (unpaired) electrons. The second-order valence-corrected chi connectivity index (χ2v) is 10.6. The van der Waals surface area contributed by atoms with Gasteiger partial charge in [-0.1, -0.05) is 18.2 Å². The predicted octanol–water partition coefficient (Wildman–Crippen LogP) is 4.24. The minimum atomic E-state index is -1.35. The van der Waals surface area contributed by atoms with E-state index >= 15 is 0 Å².